The highest BCUT2D eigenvalue weighted by atomic mass is 16.5. The van der Waals surface area contributed by atoms with Crippen molar-refractivity contribution < 1.29 is 4.74 Å². The second kappa shape index (κ2) is 7.47. The van der Waals surface area contributed by atoms with Crippen molar-refractivity contribution in [3.8, 4) is 16.9 Å². The van der Waals surface area contributed by atoms with Crippen LogP contribution in [0, 0.1) is 5.92 Å². The van der Waals surface area contributed by atoms with Crippen LogP contribution in [0.15, 0.2) is 77.2 Å². The van der Waals surface area contributed by atoms with Gasteiger partial charge < -0.3 is 10.5 Å². The lowest BCUT2D eigenvalue weighted by atomic mass is 9.90. The van der Waals surface area contributed by atoms with Gasteiger partial charge in [0.2, 0.25) is 5.66 Å². The third-order valence-electron chi connectivity index (χ3n) is 5.03. The number of benzene rings is 2. The number of methoxy groups -OCH3 is 1. The number of nitrogens with two attached hydrogens (primary N) is 1. The molecule has 4 rings (SSSR count). The van der Waals surface area contributed by atoms with Crippen LogP contribution in [0.1, 0.15) is 25.0 Å². The summed E-state index contributed by atoms with van der Waals surface area (Å²) in [6.07, 6.45) is 5.11. The quantitative estimate of drug-likeness (QED) is 0.723. The van der Waals surface area contributed by atoms with E-state index in [1.165, 1.54) is 6.33 Å². The Bertz CT molecular complexity index is 1070. The first-order chi connectivity index (χ1) is 14.0. The second-order valence-corrected chi connectivity index (χ2v) is 7.26. The molecule has 0 amide bonds. The van der Waals surface area contributed by atoms with Gasteiger partial charge in [-0.2, -0.15) is 0 Å². The lowest BCUT2D eigenvalue weighted by molar-refractivity contribution is 0.414. The van der Waals surface area contributed by atoms with E-state index in [9.17, 15) is 0 Å². The molecule has 0 bridgehead atoms. The van der Waals surface area contributed by atoms with Gasteiger partial charge in [-0.3, -0.25) is 0 Å². The molecule has 0 saturated heterocycles. The predicted octanol–water partition coefficient (Wildman–Crippen LogP) is 3.82. The van der Waals surface area contributed by atoms with Gasteiger partial charge in [0.15, 0.2) is 0 Å². The summed E-state index contributed by atoms with van der Waals surface area (Å²) in [6.45, 7) is 4.14. The molecule has 1 atom stereocenters. The average molecular weight is 385 g/mol. The number of aromatic nitrogens is 2. The molecule has 2 aromatic carbocycles. The zero-order chi connectivity index (χ0) is 20.4. The van der Waals surface area contributed by atoms with Crippen molar-refractivity contribution in [3.05, 3.63) is 78.4 Å². The summed E-state index contributed by atoms with van der Waals surface area (Å²) in [5.74, 6) is 1.43. The summed E-state index contributed by atoms with van der Waals surface area (Å²) in [6, 6.07) is 15.9. The van der Waals surface area contributed by atoms with Gasteiger partial charge in [0.05, 0.1) is 12.8 Å². The molecule has 0 spiro atoms. The van der Waals surface area contributed by atoms with Gasteiger partial charge in [-0.25, -0.2) is 20.0 Å². The Morgan fingerprint density at radius 3 is 2.24 bits per heavy atom. The Hall–Kier alpha value is -3.54. The highest BCUT2D eigenvalue weighted by molar-refractivity contribution is 6.42. The van der Waals surface area contributed by atoms with Crippen LogP contribution in [0.3, 0.4) is 0 Å². The highest BCUT2D eigenvalue weighted by Gasteiger charge is 2.40. The normalized spacial score (nSPS) is 18.5. The maximum absolute atomic E-state index is 6.31. The minimum Gasteiger partial charge on any atom is -0.497 e. The Morgan fingerprint density at radius 2 is 1.62 bits per heavy atom. The van der Waals surface area contributed by atoms with Crippen molar-refractivity contribution in [2.24, 2.45) is 21.6 Å². The summed E-state index contributed by atoms with van der Waals surface area (Å²) in [5, 5.41) is 0. The number of aliphatic imine (C=N–C) groups is 2. The van der Waals surface area contributed by atoms with Crippen LogP contribution >= 0.6 is 0 Å². The van der Waals surface area contributed by atoms with Crippen molar-refractivity contribution in [1.29, 1.82) is 0 Å². The molecule has 29 heavy (non-hydrogen) atoms. The van der Waals surface area contributed by atoms with E-state index >= 15 is 0 Å². The molecule has 1 unspecified atom stereocenters. The zero-order valence-electron chi connectivity index (χ0n) is 16.7. The molecule has 1 aliphatic heterocycles. The van der Waals surface area contributed by atoms with E-state index in [0.29, 0.717) is 5.84 Å². The van der Waals surface area contributed by atoms with E-state index in [0.717, 1.165) is 33.7 Å². The second-order valence-electron chi connectivity index (χ2n) is 7.26. The van der Waals surface area contributed by atoms with Crippen LogP contribution in [-0.2, 0) is 5.66 Å². The minimum absolute atomic E-state index is 0.171. The number of amidine groups is 1. The third-order valence-corrected chi connectivity index (χ3v) is 5.03. The van der Waals surface area contributed by atoms with Gasteiger partial charge >= 0.3 is 0 Å². The molecule has 0 fully saturated rings. The molecule has 0 aliphatic carbocycles. The van der Waals surface area contributed by atoms with Crippen LogP contribution in [0.4, 0.5) is 0 Å². The molecule has 1 aromatic heterocycles. The van der Waals surface area contributed by atoms with Crippen LogP contribution in [0.2, 0.25) is 0 Å². The topological polar surface area (TPSA) is 85.8 Å². The van der Waals surface area contributed by atoms with Crippen molar-refractivity contribution in [3.63, 3.8) is 0 Å². The monoisotopic (exact) mass is 385 g/mol. The van der Waals surface area contributed by atoms with Gasteiger partial charge in [0, 0.05) is 29.1 Å². The number of hydrogen-bond donors (Lipinski definition) is 1. The lowest BCUT2D eigenvalue weighted by Gasteiger charge is -2.25. The molecule has 1 aliphatic rings. The van der Waals surface area contributed by atoms with E-state index in [1.807, 2.05) is 42.5 Å². The van der Waals surface area contributed by atoms with Crippen molar-refractivity contribution in [2.75, 3.05) is 7.11 Å². The molecule has 0 saturated carbocycles. The van der Waals surface area contributed by atoms with Crippen molar-refractivity contribution in [2.45, 2.75) is 19.5 Å². The van der Waals surface area contributed by atoms with Crippen molar-refractivity contribution in [1.82, 2.24) is 9.97 Å². The summed E-state index contributed by atoms with van der Waals surface area (Å²) in [7, 11) is 1.65. The Morgan fingerprint density at radius 1 is 0.897 bits per heavy atom. The van der Waals surface area contributed by atoms with Crippen molar-refractivity contribution >= 4 is 11.5 Å². The highest BCUT2D eigenvalue weighted by Crippen LogP contribution is 2.41. The summed E-state index contributed by atoms with van der Waals surface area (Å²) in [5.41, 5.74) is 9.99. The summed E-state index contributed by atoms with van der Waals surface area (Å²) >= 11 is 0. The molecule has 2 heterocycles. The number of nitrogens with zero attached hydrogens (tertiary/aromatic N) is 4. The van der Waals surface area contributed by atoms with E-state index in [1.54, 1.807) is 19.5 Å². The van der Waals surface area contributed by atoms with Gasteiger partial charge in [-0.1, -0.05) is 44.2 Å². The maximum atomic E-state index is 6.31. The van der Waals surface area contributed by atoms with Crippen LogP contribution in [0.5, 0.6) is 5.75 Å². The van der Waals surface area contributed by atoms with Gasteiger partial charge in [-0.05, 0) is 29.7 Å². The average Bonchev–Trinajstić information content (AvgIpc) is 3.13. The fraction of sp³-hybridized carbons (Fsp3) is 0.217. The first kappa shape index (κ1) is 18.8. The molecule has 6 heteroatoms. The summed E-state index contributed by atoms with van der Waals surface area (Å²) < 4.78 is 5.32. The molecular formula is C23H23N5O. The minimum atomic E-state index is -0.929. The fourth-order valence-electron chi connectivity index (χ4n) is 3.53. The first-order valence-corrected chi connectivity index (χ1v) is 9.49. The van der Waals surface area contributed by atoms with Gasteiger partial charge in [0.1, 0.15) is 17.9 Å². The molecule has 0 radical (unpaired) electrons. The van der Waals surface area contributed by atoms with E-state index in [2.05, 4.69) is 29.9 Å². The third kappa shape index (κ3) is 3.38. The number of rotatable bonds is 5. The zero-order valence-corrected chi connectivity index (χ0v) is 16.7. The summed E-state index contributed by atoms with van der Waals surface area (Å²) in [4.78, 5) is 18.2. The number of hydrogen-bond acceptors (Lipinski definition) is 6. The standard InChI is InChI=1S/C23H23N5O/c1-15(2)21-22(24)28-23(27-21,18-7-9-20(29-3)10-8-18)19-6-4-5-16(11-19)17-12-25-14-26-13-17/h4-15H,1-3H3,(H2,24,28). The lowest BCUT2D eigenvalue weighted by Crippen LogP contribution is -2.25. The van der Waals surface area contributed by atoms with Crippen LogP contribution in [-0.4, -0.2) is 28.6 Å². The fourth-order valence-corrected chi connectivity index (χ4v) is 3.53. The Kier molecular flexibility index (Phi) is 4.84. The van der Waals surface area contributed by atoms with Crippen LogP contribution in [0.25, 0.3) is 11.1 Å². The van der Waals surface area contributed by atoms with Gasteiger partial charge in [0.25, 0.3) is 0 Å². The Labute approximate surface area is 170 Å². The smallest absolute Gasteiger partial charge is 0.204 e. The molecular weight excluding hydrogens is 362 g/mol. The molecule has 6 nitrogen and oxygen atoms in total. The maximum Gasteiger partial charge on any atom is 0.204 e. The SMILES string of the molecule is COc1ccc(C2(c3cccc(-c4cncnc4)c3)N=C(N)C(C(C)C)=N2)cc1. The number of ether oxygens (including phenoxy) is 1. The molecule has 2 N–H and O–H groups in total. The van der Waals surface area contributed by atoms with Gasteiger partial charge in [-0.15, -0.1) is 0 Å². The van der Waals surface area contributed by atoms with E-state index < -0.39 is 5.66 Å². The molecule has 3 aromatic rings. The van der Waals surface area contributed by atoms with Crippen LogP contribution < -0.4 is 10.5 Å². The van der Waals surface area contributed by atoms with E-state index in [-0.39, 0.29) is 5.92 Å². The van der Waals surface area contributed by atoms with E-state index in [4.69, 9.17) is 20.5 Å². The first-order valence-electron chi connectivity index (χ1n) is 9.49. The Balaban J connectivity index is 1.91. The molecule has 146 valence electrons. The largest absolute Gasteiger partial charge is 0.497 e. The predicted molar refractivity (Wildman–Crippen MR) is 115 cm³/mol.